The second-order valence-electron chi connectivity index (χ2n) is 5.72. The van der Waals surface area contributed by atoms with Gasteiger partial charge in [0.15, 0.2) is 5.78 Å². The van der Waals surface area contributed by atoms with E-state index in [1.54, 1.807) is 18.2 Å². The third-order valence-corrected chi connectivity index (χ3v) is 4.42. The van der Waals surface area contributed by atoms with E-state index >= 15 is 0 Å². The minimum Gasteiger partial charge on any atom is -0.294 e. The summed E-state index contributed by atoms with van der Waals surface area (Å²) in [5.41, 5.74) is 0.157. The van der Waals surface area contributed by atoms with Gasteiger partial charge >= 0.3 is 0 Å². The van der Waals surface area contributed by atoms with Crippen molar-refractivity contribution in [2.45, 2.75) is 27.7 Å². The first-order valence-corrected chi connectivity index (χ1v) is 5.59. The van der Waals surface area contributed by atoms with E-state index in [1.807, 2.05) is 0 Å². The quantitative estimate of drug-likeness (QED) is 0.695. The van der Waals surface area contributed by atoms with E-state index in [-0.39, 0.29) is 28.1 Å². The van der Waals surface area contributed by atoms with Crippen LogP contribution in [0, 0.1) is 22.6 Å². The van der Waals surface area contributed by atoms with Crippen molar-refractivity contribution in [1.82, 2.24) is 0 Å². The minimum absolute atomic E-state index is 0.0354. The van der Waals surface area contributed by atoms with Crippen molar-refractivity contribution in [2.75, 3.05) is 0 Å². The molecule has 0 spiro atoms. The van der Waals surface area contributed by atoms with Crippen LogP contribution in [-0.2, 0) is 0 Å². The maximum atomic E-state index is 13.5. The van der Waals surface area contributed by atoms with Gasteiger partial charge in [0, 0.05) is 5.92 Å². The Balaban J connectivity index is 2.34. The van der Waals surface area contributed by atoms with Crippen LogP contribution in [0.1, 0.15) is 38.1 Å². The van der Waals surface area contributed by atoms with Gasteiger partial charge < -0.3 is 0 Å². The highest BCUT2D eigenvalue weighted by Gasteiger charge is 2.68. The van der Waals surface area contributed by atoms with E-state index in [2.05, 4.69) is 27.7 Å². The van der Waals surface area contributed by atoms with Gasteiger partial charge in [0.25, 0.3) is 0 Å². The van der Waals surface area contributed by atoms with Crippen molar-refractivity contribution in [3.05, 3.63) is 35.6 Å². The molecule has 1 aliphatic carbocycles. The molecular weight excluding hydrogens is 203 g/mol. The van der Waals surface area contributed by atoms with Crippen molar-refractivity contribution in [2.24, 2.45) is 16.7 Å². The Kier molecular flexibility index (Phi) is 2.23. The van der Waals surface area contributed by atoms with Crippen LogP contribution in [0.5, 0.6) is 0 Å². The number of rotatable bonds is 2. The molecule has 0 heterocycles. The lowest BCUT2D eigenvalue weighted by molar-refractivity contribution is 0.0941. The summed E-state index contributed by atoms with van der Waals surface area (Å²) < 4.78 is 13.5. The summed E-state index contributed by atoms with van der Waals surface area (Å²) >= 11 is 0. The highest BCUT2D eigenvalue weighted by Crippen LogP contribution is 2.69. The van der Waals surface area contributed by atoms with E-state index in [0.29, 0.717) is 0 Å². The average molecular weight is 220 g/mol. The van der Waals surface area contributed by atoms with Gasteiger partial charge in [0.05, 0.1) is 5.56 Å². The molecule has 0 radical (unpaired) electrons. The number of ketones is 1. The summed E-state index contributed by atoms with van der Waals surface area (Å²) in [6.07, 6.45) is 0. The number of halogens is 1. The topological polar surface area (TPSA) is 17.1 Å². The summed E-state index contributed by atoms with van der Waals surface area (Å²) in [5, 5.41) is 0. The number of benzene rings is 1. The Morgan fingerprint density at radius 2 is 1.62 bits per heavy atom. The lowest BCUT2D eigenvalue weighted by atomic mass is 10.0. The van der Waals surface area contributed by atoms with Crippen LogP contribution in [0.25, 0.3) is 0 Å². The normalized spacial score (nSPS) is 21.8. The maximum Gasteiger partial charge on any atom is 0.169 e. The molecule has 1 fully saturated rings. The summed E-state index contributed by atoms with van der Waals surface area (Å²) in [5.74, 6) is -0.545. The molecule has 0 bridgehead atoms. The molecule has 16 heavy (non-hydrogen) atoms. The summed E-state index contributed by atoms with van der Waals surface area (Å²) in [6, 6.07) is 6.23. The van der Waals surface area contributed by atoms with E-state index in [4.69, 9.17) is 0 Å². The number of carbonyl (C=O) groups excluding carboxylic acids is 1. The largest absolute Gasteiger partial charge is 0.294 e. The highest BCUT2D eigenvalue weighted by atomic mass is 19.1. The molecule has 1 aromatic rings. The van der Waals surface area contributed by atoms with Gasteiger partial charge in [-0.3, -0.25) is 4.79 Å². The van der Waals surface area contributed by atoms with Crippen LogP contribution in [0.15, 0.2) is 24.3 Å². The molecule has 2 rings (SSSR count). The molecule has 0 aliphatic heterocycles. The summed E-state index contributed by atoms with van der Waals surface area (Å²) in [7, 11) is 0. The van der Waals surface area contributed by atoms with Crippen LogP contribution in [0.3, 0.4) is 0 Å². The molecule has 0 N–H and O–H groups in total. The van der Waals surface area contributed by atoms with Crippen LogP contribution in [-0.4, -0.2) is 5.78 Å². The van der Waals surface area contributed by atoms with Crippen molar-refractivity contribution >= 4 is 5.78 Å². The fourth-order valence-corrected chi connectivity index (χ4v) is 2.67. The number of hydrogen-bond acceptors (Lipinski definition) is 1. The second kappa shape index (κ2) is 3.16. The van der Waals surface area contributed by atoms with E-state index in [0.717, 1.165) is 0 Å². The van der Waals surface area contributed by atoms with Crippen LogP contribution in [0.2, 0.25) is 0 Å². The molecule has 1 nitrogen and oxygen atoms in total. The molecule has 2 heteroatoms. The van der Waals surface area contributed by atoms with Crippen LogP contribution < -0.4 is 0 Å². The van der Waals surface area contributed by atoms with Gasteiger partial charge in [-0.2, -0.15) is 0 Å². The fraction of sp³-hybridized carbons (Fsp3) is 0.500. The Morgan fingerprint density at radius 1 is 1.12 bits per heavy atom. The highest BCUT2D eigenvalue weighted by molar-refractivity contribution is 6.01. The molecule has 0 amide bonds. The predicted octanol–water partition coefficient (Wildman–Crippen LogP) is 3.69. The second-order valence-corrected chi connectivity index (χ2v) is 5.72. The molecular formula is C14H17FO. The van der Waals surface area contributed by atoms with Gasteiger partial charge in [-0.1, -0.05) is 39.8 Å². The third kappa shape index (κ3) is 1.32. The molecule has 1 aliphatic rings. The first-order chi connectivity index (χ1) is 7.30. The molecule has 0 saturated heterocycles. The summed E-state index contributed by atoms with van der Waals surface area (Å²) in [6.45, 7) is 8.26. The zero-order valence-electron chi connectivity index (χ0n) is 10.2. The number of hydrogen-bond donors (Lipinski definition) is 0. The summed E-state index contributed by atoms with van der Waals surface area (Å²) in [4.78, 5) is 12.2. The van der Waals surface area contributed by atoms with Gasteiger partial charge in [-0.15, -0.1) is 0 Å². The monoisotopic (exact) mass is 220 g/mol. The van der Waals surface area contributed by atoms with Gasteiger partial charge in [0.2, 0.25) is 0 Å². The van der Waals surface area contributed by atoms with E-state index in [9.17, 15) is 9.18 Å². The molecule has 0 unspecified atom stereocenters. The Hall–Kier alpha value is -1.18. The third-order valence-electron chi connectivity index (χ3n) is 4.42. The van der Waals surface area contributed by atoms with Crippen molar-refractivity contribution in [3.8, 4) is 0 Å². The van der Waals surface area contributed by atoms with Crippen molar-refractivity contribution in [1.29, 1.82) is 0 Å². The first kappa shape index (κ1) is 11.3. The molecule has 0 atom stereocenters. The smallest absolute Gasteiger partial charge is 0.169 e. The van der Waals surface area contributed by atoms with Gasteiger partial charge in [-0.05, 0) is 23.0 Å². The minimum atomic E-state index is -0.411. The number of Topliss-reactive ketones (excluding diaryl/α,β-unsaturated/α-hetero) is 1. The van der Waals surface area contributed by atoms with Gasteiger partial charge in [-0.25, -0.2) is 4.39 Å². The average Bonchev–Trinajstić information content (AvgIpc) is 2.57. The number of carbonyl (C=O) groups is 1. The van der Waals surface area contributed by atoms with Crippen molar-refractivity contribution in [3.63, 3.8) is 0 Å². The lowest BCUT2D eigenvalue weighted by Gasteiger charge is -2.03. The van der Waals surface area contributed by atoms with Crippen LogP contribution >= 0.6 is 0 Å². The van der Waals surface area contributed by atoms with Crippen molar-refractivity contribution < 1.29 is 9.18 Å². The zero-order chi connectivity index (χ0) is 12.1. The Bertz CT molecular complexity index is 432. The Morgan fingerprint density at radius 3 is 2.06 bits per heavy atom. The van der Waals surface area contributed by atoms with E-state index < -0.39 is 5.82 Å². The van der Waals surface area contributed by atoms with E-state index in [1.165, 1.54) is 6.07 Å². The molecule has 0 aromatic heterocycles. The molecule has 1 saturated carbocycles. The fourth-order valence-electron chi connectivity index (χ4n) is 2.67. The van der Waals surface area contributed by atoms with Gasteiger partial charge in [0.1, 0.15) is 5.82 Å². The molecule has 86 valence electrons. The maximum absolute atomic E-state index is 13.5. The predicted molar refractivity (Wildman–Crippen MR) is 61.8 cm³/mol. The SMILES string of the molecule is CC1(C)C(C(=O)c2ccccc2F)C1(C)C. The molecule has 1 aromatic carbocycles. The zero-order valence-corrected chi connectivity index (χ0v) is 10.2. The van der Waals surface area contributed by atoms with Crippen LogP contribution in [0.4, 0.5) is 4.39 Å². The standard InChI is InChI=1S/C14H17FO/c1-13(2)12(14(13,3)4)11(16)9-7-5-6-8-10(9)15/h5-8,12H,1-4H3. The first-order valence-electron chi connectivity index (χ1n) is 5.59. The Labute approximate surface area is 95.7 Å². The lowest BCUT2D eigenvalue weighted by Crippen LogP contribution is -2.09.